The summed E-state index contributed by atoms with van der Waals surface area (Å²) in [5.74, 6) is 4.31. The van der Waals surface area contributed by atoms with Crippen molar-refractivity contribution in [2.75, 3.05) is 0 Å². The van der Waals surface area contributed by atoms with Crippen LogP contribution in [0.15, 0.2) is 11.6 Å². The molecule has 0 radical (unpaired) electrons. The third-order valence-corrected chi connectivity index (χ3v) is 11.0. The van der Waals surface area contributed by atoms with E-state index in [9.17, 15) is 8.42 Å². The molecule has 0 aliphatic heterocycles. The normalized spacial score (nSPS) is 42.7. The first-order chi connectivity index (χ1) is 14.9. The summed E-state index contributed by atoms with van der Waals surface area (Å²) in [4.78, 5) is 0. The zero-order valence-corrected chi connectivity index (χ0v) is 21.8. The van der Waals surface area contributed by atoms with Crippen molar-refractivity contribution in [1.29, 1.82) is 0 Å². The second kappa shape index (κ2) is 9.00. The third kappa shape index (κ3) is 4.60. The van der Waals surface area contributed by atoms with Crippen LogP contribution in [-0.4, -0.2) is 19.1 Å². The number of fused-ring (bicyclic) bond motifs is 5. The molecule has 4 nitrogen and oxygen atoms in total. The molecule has 32 heavy (non-hydrogen) atoms. The van der Waals surface area contributed by atoms with Crippen LogP contribution in [0.1, 0.15) is 105 Å². The van der Waals surface area contributed by atoms with E-state index in [2.05, 4.69) is 40.7 Å². The van der Waals surface area contributed by atoms with Gasteiger partial charge in [0, 0.05) is 0 Å². The van der Waals surface area contributed by atoms with Crippen molar-refractivity contribution in [1.82, 2.24) is 0 Å². The molecule has 0 amide bonds. The van der Waals surface area contributed by atoms with Crippen molar-refractivity contribution < 1.29 is 17.2 Å². The van der Waals surface area contributed by atoms with Crippen LogP contribution in [-0.2, 0) is 14.6 Å². The van der Waals surface area contributed by atoms with Crippen LogP contribution in [0.4, 0.5) is 0 Å². The average molecular weight is 467 g/mol. The van der Waals surface area contributed by atoms with Gasteiger partial charge in [-0.3, -0.25) is 4.55 Å². The van der Waals surface area contributed by atoms with E-state index in [4.69, 9.17) is 8.74 Å². The highest BCUT2D eigenvalue weighted by Gasteiger charge is 2.58. The predicted octanol–water partition coefficient (Wildman–Crippen LogP) is 7.22. The van der Waals surface area contributed by atoms with Gasteiger partial charge in [0.2, 0.25) is 0 Å². The van der Waals surface area contributed by atoms with Gasteiger partial charge in [0.1, 0.15) is 0 Å². The van der Waals surface area contributed by atoms with E-state index in [0.717, 1.165) is 49.4 Å². The molecule has 4 aliphatic carbocycles. The van der Waals surface area contributed by atoms with Crippen LogP contribution in [0.3, 0.4) is 0 Å². The molecule has 184 valence electrons. The van der Waals surface area contributed by atoms with E-state index >= 15 is 0 Å². The first kappa shape index (κ1) is 24.7. The Morgan fingerprint density at radius 3 is 2.41 bits per heavy atom. The van der Waals surface area contributed by atoms with E-state index in [-0.39, 0.29) is 11.5 Å². The maximum absolute atomic E-state index is 11.2. The highest BCUT2D eigenvalue weighted by Crippen LogP contribution is 2.67. The fraction of sp³-hybridized carbons (Fsp3) is 0.926. The van der Waals surface area contributed by atoms with Gasteiger partial charge in [-0.25, -0.2) is 4.18 Å². The summed E-state index contributed by atoms with van der Waals surface area (Å²) in [7, 11) is -4.37. The SMILES string of the molecule is CC(C)CCC[C@@H](C)[C@H]1CC[C@H]2C3=CC[C@H]4C[C@@H](OS(=O)(=O)O)CC[C@]4(C)[C@H]3CC[C@]12C. The van der Waals surface area contributed by atoms with Gasteiger partial charge >= 0.3 is 10.4 Å². The number of hydrogen-bond donors (Lipinski definition) is 1. The fourth-order valence-electron chi connectivity index (χ4n) is 8.76. The summed E-state index contributed by atoms with van der Waals surface area (Å²) in [6, 6.07) is 0. The van der Waals surface area contributed by atoms with E-state index in [1.54, 1.807) is 5.57 Å². The minimum absolute atomic E-state index is 0.242. The van der Waals surface area contributed by atoms with Crippen LogP contribution < -0.4 is 0 Å². The van der Waals surface area contributed by atoms with E-state index in [1.807, 2.05) is 0 Å². The quantitative estimate of drug-likeness (QED) is 0.318. The van der Waals surface area contributed by atoms with Crippen molar-refractivity contribution in [3.63, 3.8) is 0 Å². The first-order valence-corrected chi connectivity index (χ1v) is 14.7. The summed E-state index contributed by atoms with van der Waals surface area (Å²) in [6.07, 6.45) is 15.2. The van der Waals surface area contributed by atoms with Crippen LogP contribution in [0.25, 0.3) is 0 Å². The number of hydrogen-bond acceptors (Lipinski definition) is 3. The summed E-state index contributed by atoms with van der Waals surface area (Å²) in [5, 5.41) is 0. The van der Waals surface area contributed by atoms with Gasteiger partial charge in [-0.15, -0.1) is 0 Å². The van der Waals surface area contributed by atoms with Gasteiger partial charge in [-0.05, 0) is 97.7 Å². The molecule has 0 saturated heterocycles. The van der Waals surface area contributed by atoms with E-state index < -0.39 is 10.4 Å². The lowest BCUT2D eigenvalue weighted by molar-refractivity contribution is -0.0373. The molecule has 5 heteroatoms. The molecule has 0 bridgehead atoms. The lowest BCUT2D eigenvalue weighted by atomic mass is 9.47. The average Bonchev–Trinajstić information content (AvgIpc) is 3.04. The Morgan fingerprint density at radius 2 is 1.72 bits per heavy atom. The zero-order chi connectivity index (χ0) is 23.3. The predicted molar refractivity (Wildman–Crippen MR) is 129 cm³/mol. The molecule has 3 fully saturated rings. The molecule has 0 aromatic carbocycles. The van der Waals surface area contributed by atoms with Crippen molar-refractivity contribution in [3.05, 3.63) is 11.6 Å². The molecule has 4 aliphatic rings. The summed E-state index contributed by atoms with van der Waals surface area (Å²) in [6.45, 7) is 12.3. The zero-order valence-electron chi connectivity index (χ0n) is 21.0. The van der Waals surface area contributed by atoms with Crippen LogP contribution in [0, 0.1) is 46.3 Å². The summed E-state index contributed by atoms with van der Waals surface area (Å²) < 4.78 is 36.6. The van der Waals surface area contributed by atoms with Crippen molar-refractivity contribution >= 4 is 10.4 Å². The minimum Gasteiger partial charge on any atom is -0.264 e. The largest absolute Gasteiger partial charge is 0.397 e. The number of allylic oxidation sites excluding steroid dienone is 2. The second-order valence-corrected chi connectivity index (χ2v) is 13.7. The van der Waals surface area contributed by atoms with E-state index in [0.29, 0.717) is 17.3 Å². The fourth-order valence-corrected chi connectivity index (χ4v) is 9.28. The Hall–Kier alpha value is -0.390. The number of rotatable bonds is 7. The standard InChI is InChI=1S/C27H46O4S/c1-18(2)7-6-8-19(3)23-11-12-24-22-10-9-20-17-21(31-32(28,29)30)13-15-26(20,4)25(22)14-16-27(23,24)5/h10,18-21,23-25H,6-9,11-17H2,1-5H3,(H,28,29,30)/t19-,20+,21+,23-,24+,25+,26+,27-/m1/s1. The van der Waals surface area contributed by atoms with E-state index in [1.165, 1.54) is 44.9 Å². The van der Waals surface area contributed by atoms with Crippen LogP contribution >= 0.6 is 0 Å². The Balaban J connectivity index is 1.47. The van der Waals surface area contributed by atoms with Crippen LogP contribution in [0.2, 0.25) is 0 Å². The molecular weight excluding hydrogens is 420 g/mol. The van der Waals surface area contributed by atoms with Crippen molar-refractivity contribution in [2.45, 2.75) is 111 Å². The van der Waals surface area contributed by atoms with Gasteiger partial charge in [0.05, 0.1) is 6.10 Å². The maximum Gasteiger partial charge on any atom is 0.397 e. The van der Waals surface area contributed by atoms with Crippen molar-refractivity contribution in [3.8, 4) is 0 Å². The molecule has 0 spiro atoms. The van der Waals surface area contributed by atoms with Crippen molar-refractivity contribution in [2.24, 2.45) is 46.3 Å². The van der Waals surface area contributed by atoms with Gasteiger partial charge in [0.15, 0.2) is 0 Å². The van der Waals surface area contributed by atoms with Crippen LogP contribution in [0.5, 0.6) is 0 Å². The molecule has 3 saturated carbocycles. The molecule has 0 aromatic heterocycles. The molecule has 0 unspecified atom stereocenters. The molecule has 4 rings (SSSR count). The monoisotopic (exact) mass is 466 g/mol. The Morgan fingerprint density at radius 1 is 1.03 bits per heavy atom. The molecule has 8 atom stereocenters. The second-order valence-electron chi connectivity index (χ2n) is 12.7. The molecular formula is C27H46O4S. The molecule has 0 heterocycles. The third-order valence-electron chi connectivity index (χ3n) is 10.5. The highest BCUT2D eigenvalue weighted by molar-refractivity contribution is 7.80. The lowest BCUT2D eigenvalue weighted by Gasteiger charge is -2.58. The van der Waals surface area contributed by atoms with Gasteiger partial charge < -0.3 is 0 Å². The summed E-state index contributed by atoms with van der Waals surface area (Å²) >= 11 is 0. The van der Waals surface area contributed by atoms with Gasteiger partial charge in [0.25, 0.3) is 0 Å². The Kier molecular flexibility index (Phi) is 6.95. The van der Waals surface area contributed by atoms with Gasteiger partial charge in [-0.1, -0.05) is 65.5 Å². The van der Waals surface area contributed by atoms with Gasteiger partial charge in [-0.2, -0.15) is 8.42 Å². The smallest absolute Gasteiger partial charge is 0.264 e. The molecule has 0 aromatic rings. The highest BCUT2D eigenvalue weighted by atomic mass is 32.3. The Labute approximate surface area is 196 Å². The lowest BCUT2D eigenvalue weighted by Crippen LogP contribution is -2.50. The maximum atomic E-state index is 11.2. The molecule has 1 N–H and O–H groups in total. The first-order valence-electron chi connectivity index (χ1n) is 13.3. The minimum atomic E-state index is -4.37. The Bertz CT molecular complexity index is 818. The topological polar surface area (TPSA) is 63.6 Å². The summed E-state index contributed by atoms with van der Waals surface area (Å²) in [5.41, 5.74) is 2.45.